The summed E-state index contributed by atoms with van der Waals surface area (Å²) in [7, 11) is 0. The van der Waals surface area contributed by atoms with E-state index >= 15 is 0 Å². The van der Waals surface area contributed by atoms with Crippen LogP contribution in [0.5, 0.6) is 0 Å². The molecular weight excluding hydrogens is 288 g/mol. The Kier molecular flexibility index (Phi) is 5.22. The summed E-state index contributed by atoms with van der Waals surface area (Å²) in [5.74, 6) is 5.15. The van der Waals surface area contributed by atoms with Gasteiger partial charge in [-0.2, -0.15) is 5.26 Å². The second-order valence-electron chi connectivity index (χ2n) is 4.79. The molecule has 1 saturated carbocycles. The average Bonchev–Trinajstić information content (AvgIpc) is 3.31. The van der Waals surface area contributed by atoms with Crippen molar-refractivity contribution < 1.29 is 9.90 Å². The van der Waals surface area contributed by atoms with Gasteiger partial charge in [0.15, 0.2) is 0 Å². The van der Waals surface area contributed by atoms with E-state index in [-0.39, 0.29) is 18.6 Å². The standard InChI is InChI=1S/C16H15ClN2O2/c17-15-11-13(5-4-12(15)3-1-10-20)16(21)19(9-2-8-18)14-6-7-14/h4-5,11,14,20H,2,6-7,9-10H2. The van der Waals surface area contributed by atoms with Crippen molar-refractivity contribution in [2.75, 3.05) is 13.2 Å². The summed E-state index contributed by atoms with van der Waals surface area (Å²) in [5.41, 5.74) is 1.08. The minimum absolute atomic E-state index is 0.101. The summed E-state index contributed by atoms with van der Waals surface area (Å²) in [6, 6.07) is 7.26. The fourth-order valence-corrected chi connectivity index (χ4v) is 2.28. The lowest BCUT2D eigenvalue weighted by Gasteiger charge is -2.21. The lowest BCUT2D eigenvalue weighted by atomic mass is 10.1. The van der Waals surface area contributed by atoms with Gasteiger partial charge in [0.05, 0.1) is 17.5 Å². The number of hydrogen-bond acceptors (Lipinski definition) is 3. The minimum Gasteiger partial charge on any atom is -0.384 e. The van der Waals surface area contributed by atoms with Gasteiger partial charge in [-0.1, -0.05) is 23.4 Å². The Morgan fingerprint density at radius 3 is 2.81 bits per heavy atom. The number of nitrogens with zero attached hydrogens (tertiary/aromatic N) is 2. The Morgan fingerprint density at radius 1 is 1.48 bits per heavy atom. The van der Waals surface area contributed by atoms with Crippen molar-refractivity contribution in [3.63, 3.8) is 0 Å². The van der Waals surface area contributed by atoms with E-state index in [0.29, 0.717) is 29.1 Å². The second-order valence-corrected chi connectivity index (χ2v) is 5.20. The molecule has 1 N–H and O–H groups in total. The van der Waals surface area contributed by atoms with Crippen molar-refractivity contribution in [1.29, 1.82) is 5.26 Å². The van der Waals surface area contributed by atoms with E-state index in [4.69, 9.17) is 22.0 Å². The molecule has 1 aliphatic rings. The third-order valence-corrected chi connectivity index (χ3v) is 3.54. The van der Waals surface area contributed by atoms with E-state index < -0.39 is 0 Å². The number of carbonyl (C=O) groups excluding carboxylic acids is 1. The summed E-state index contributed by atoms with van der Waals surface area (Å²) in [4.78, 5) is 14.2. The molecule has 0 aliphatic heterocycles. The van der Waals surface area contributed by atoms with E-state index in [1.807, 2.05) is 0 Å². The molecule has 1 amide bonds. The lowest BCUT2D eigenvalue weighted by Crippen LogP contribution is -2.33. The molecule has 21 heavy (non-hydrogen) atoms. The highest BCUT2D eigenvalue weighted by molar-refractivity contribution is 6.32. The molecule has 0 radical (unpaired) electrons. The molecule has 1 aliphatic carbocycles. The van der Waals surface area contributed by atoms with Crippen LogP contribution in [-0.4, -0.2) is 35.1 Å². The smallest absolute Gasteiger partial charge is 0.254 e. The maximum absolute atomic E-state index is 12.5. The summed E-state index contributed by atoms with van der Waals surface area (Å²) in [6.07, 6.45) is 2.31. The van der Waals surface area contributed by atoms with Gasteiger partial charge >= 0.3 is 0 Å². The average molecular weight is 303 g/mol. The first-order valence-electron chi connectivity index (χ1n) is 6.74. The van der Waals surface area contributed by atoms with Gasteiger partial charge in [-0.3, -0.25) is 4.79 Å². The van der Waals surface area contributed by atoms with Crippen LogP contribution >= 0.6 is 11.6 Å². The highest BCUT2D eigenvalue weighted by Gasteiger charge is 2.32. The van der Waals surface area contributed by atoms with Crippen LogP contribution < -0.4 is 0 Å². The molecule has 0 aromatic heterocycles. The normalized spacial score (nSPS) is 13.0. The number of halogens is 1. The highest BCUT2D eigenvalue weighted by Crippen LogP contribution is 2.29. The van der Waals surface area contributed by atoms with Crippen LogP contribution in [0.25, 0.3) is 0 Å². The fourth-order valence-electron chi connectivity index (χ4n) is 2.06. The topological polar surface area (TPSA) is 64.3 Å². The maximum atomic E-state index is 12.5. The fraction of sp³-hybridized carbons (Fsp3) is 0.375. The van der Waals surface area contributed by atoms with Crippen molar-refractivity contribution in [2.24, 2.45) is 0 Å². The number of rotatable bonds is 4. The summed E-state index contributed by atoms with van der Waals surface area (Å²) >= 11 is 6.11. The van der Waals surface area contributed by atoms with Crippen molar-refractivity contribution in [3.8, 4) is 17.9 Å². The van der Waals surface area contributed by atoms with Crippen molar-refractivity contribution in [2.45, 2.75) is 25.3 Å². The second kappa shape index (κ2) is 7.13. The van der Waals surface area contributed by atoms with E-state index in [2.05, 4.69) is 17.9 Å². The number of carbonyl (C=O) groups is 1. The molecule has 0 spiro atoms. The van der Waals surface area contributed by atoms with E-state index in [1.165, 1.54) is 0 Å². The van der Waals surface area contributed by atoms with Crippen molar-refractivity contribution >= 4 is 17.5 Å². The summed E-state index contributed by atoms with van der Waals surface area (Å²) < 4.78 is 0. The maximum Gasteiger partial charge on any atom is 0.254 e. The van der Waals surface area contributed by atoms with E-state index in [1.54, 1.807) is 23.1 Å². The van der Waals surface area contributed by atoms with Gasteiger partial charge in [0, 0.05) is 23.7 Å². The number of hydrogen-bond donors (Lipinski definition) is 1. The number of benzene rings is 1. The monoisotopic (exact) mass is 302 g/mol. The first-order chi connectivity index (χ1) is 10.2. The minimum atomic E-state index is -0.235. The van der Waals surface area contributed by atoms with E-state index in [0.717, 1.165) is 12.8 Å². The first-order valence-corrected chi connectivity index (χ1v) is 7.12. The largest absolute Gasteiger partial charge is 0.384 e. The Balaban J connectivity index is 2.18. The van der Waals surface area contributed by atoms with E-state index in [9.17, 15) is 4.79 Å². The molecule has 0 heterocycles. The molecule has 1 aromatic rings. The van der Waals surface area contributed by atoms with Crippen LogP contribution in [-0.2, 0) is 0 Å². The molecule has 1 aromatic carbocycles. The van der Waals surface area contributed by atoms with Gasteiger partial charge in [-0.05, 0) is 31.0 Å². The van der Waals surface area contributed by atoms with Crippen LogP contribution in [0.4, 0.5) is 0 Å². The molecule has 4 nitrogen and oxygen atoms in total. The number of amides is 1. The molecular formula is C16H15ClN2O2. The highest BCUT2D eigenvalue weighted by atomic mass is 35.5. The zero-order valence-corrected chi connectivity index (χ0v) is 12.2. The number of nitriles is 1. The Hall–Kier alpha value is -2.01. The van der Waals surface area contributed by atoms with Gasteiger partial charge < -0.3 is 10.0 Å². The Bertz CT molecular complexity index is 636. The van der Waals surface area contributed by atoms with Gasteiger partial charge in [-0.15, -0.1) is 0 Å². The first kappa shape index (κ1) is 15.4. The van der Waals surface area contributed by atoms with Crippen LogP contribution in [0, 0.1) is 23.2 Å². The number of aliphatic hydroxyl groups excluding tert-OH is 1. The molecule has 0 saturated heterocycles. The van der Waals surface area contributed by atoms with Gasteiger partial charge in [-0.25, -0.2) is 0 Å². The summed E-state index contributed by atoms with van der Waals surface area (Å²) in [6.45, 7) is 0.213. The molecule has 0 atom stereocenters. The molecule has 1 fully saturated rings. The molecule has 2 rings (SSSR count). The predicted octanol–water partition coefficient (Wildman–Crippen LogP) is 2.20. The van der Waals surface area contributed by atoms with Crippen LogP contribution in [0.3, 0.4) is 0 Å². The van der Waals surface area contributed by atoms with Crippen molar-refractivity contribution in [3.05, 3.63) is 34.3 Å². The Labute approximate surface area is 128 Å². The quantitative estimate of drug-likeness (QED) is 0.867. The lowest BCUT2D eigenvalue weighted by molar-refractivity contribution is 0.0747. The third kappa shape index (κ3) is 3.98. The third-order valence-electron chi connectivity index (χ3n) is 3.23. The van der Waals surface area contributed by atoms with Crippen molar-refractivity contribution in [1.82, 2.24) is 4.90 Å². The van der Waals surface area contributed by atoms with Gasteiger partial charge in [0.2, 0.25) is 0 Å². The SMILES string of the molecule is N#CCCN(C(=O)c1ccc(C#CCO)c(Cl)c1)C1CC1. The van der Waals surface area contributed by atoms with Crippen LogP contribution in [0.15, 0.2) is 18.2 Å². The molecule has 0 unspecified atom stereocenters. The van der Waals surface area contributed by atoms with Gasteiger partial charge in [0.1, 0.15) is 6.61 Å². The zero-order valence-electron chi connectivity index (χ0n) is 11.5. The van der Waals surface area contributed by atoms with Gasteiger partial charge in [0.25, 0.3) is 5.91 Å². The molecule has 108 valence electrons. The zero-order chi connectivity index (χ0) is 15.2. The molecule has 0 bridgehead atoms. The predicted molar refractivity (Wildman–Crippen MR) is 79.7 cm³/mol. The number of aliphatic hydroxyl groups is 1. The Morgan fingerprint density at radius 2 is 2.24 bits per heavy atom. The van der Waals surface area contributed by atoms with Crippen LogP contribution in [0.1, 0.15) is 35.2 Å². The van der Waals surface area contributed by atoms with Crippen LogP contribution in [0.2, 0.25) is 5.02 Å². The molecule has 5 heteroatoms. The summed E-state index contributed by atoms with van der Waals surface area (Å²) in [5, 5.41) is 17.8.